The minimum atomic E-state index is -1.22. The van der Waals surface area contributed by atoms with Crippen molar-refractivity contribution >= 4 is 28.7 Å². The Morgan fingerprint density at radius 3 is 2.85 bits per heavy atom. The average molecular weight is 308 g/mol. The number of nitrogens with zero attached hydrogens (tertiary/aromatic N) is 1. The van der Waals surface area contributed by atoms with Gasteiger partial charge in [-0.05, 0) is 35.6 Å². The van der Waals surface area contributed by atoms with Gasteiger partial charge in [0.25, 0.3) is 0 Å². The Labute approximate surface area is 125 Å². The molecular formula is C15H11ClFNOS. The minimum absolute atomic E-state index is 0.0443. The molecule has 1 atom stereocenters. The lowest BCUT2D eigenvalue weighted by Gasteiger charge is -2.11. The molecule has 0 radical (unpaired) electrons. The van der Waals surface area contributed by atoms with Crippen LogP contribution in [-0.2, 0) is 6.42 Å². The molecule has 0 aliphatic heterocycles. The number of carbonyl (C=O) groups excluding carboxylic acids is 1. The molecule has 0 bridgehead atoms. The van der Waals surface area contributed by atoms with Gasteiger partial charge in [-0.15, -0.1) is 11.3 Å². The Bertz CT molecular complexity index is 669. The van der Waals surface area contributed by atoms with Crippen molar-refractivity contribution in [2.24, 2.45) is 0 Å². The summed E-state index contributed by atoms with van der Waals surface area (Å²) < 4.78 is 13.9. The molecule has 0 aliphatic rings. The molecule has 5 heteroatoms. The average Bonchev–Trinajstić information content (AvgIpc) is 2.90. The van der Waals surface area contributed by atoms with E-state index in [2.05, 4.69) is 0 Å². The van der Waals surface area contributed by atoms with Crippen molar-refractivity contribution in [3.63, 3.8) is 0 Å². The molecule has 0 spiro atoms. The van der Waals surface area contributed by atoms with Crippen LogP contribution in [-0.4, -0.2) is 5.78 Å². The van der Waals surface area contributed by atoms with Gasteiger partial charge in [0.05, 0.1) is 10.9 Å². The number of halogens is 2. The molecule has 1 heterocycles. The number of Topliss-reactive ketones (excluding diaryl/α,β-unsaturated/α-hetero) is 1. The first kappa shape index (κ1) is 14.7. The maximum Gasteiger partial charge on any atom is 0.194 e. The molecule has 0 saturated carbocycles. The van der Waals surface area contributed by atoms with Gasteiger partial charge < -0.3 is 0 Å². The lowest BCUT2D eigenvalue weighted by atomic mass is 9.93. The first-order valence-corrected chi connectivity index (χ1v) is 7.30. The molecule has 0 N–H and O–H groups in total. The van der Waals surface area contributed by atoms with Gasteiger partial charge in [0.2, 0.25) is 0 Å². The van der Waals surface area contributed by atoms with Crippen molar-refractivity contribution in [1.82, 2.24) is 0 Å². The van der Waals surface area contributed by atoms with Gasteiger partial charge in [-0.3, -0.25) is 4.79 Å². The van der Waals surface area contributed by atoms with Gasteiger partial charge in [-0.2, -0.15) is 5.26 Å². The molecule has 1 unspecified atom stereocenters. The quantitative estimate of drug-likeness (QED) is 0.775. The van der Waals surface area contributed by atoms with Crippen LogP contribution in [0.1, 0.15) is 33.6 Å². The van der Waals surface area contributed by atoms with Crippen LogP contribution in [0.25, 0.3) is 0 Å². The van der Waals surface area contributed by atoms with Crippen LogP contribution in [0, 0.1) is 17.1 Å². The number of benzene rings is 1. The third kappa shape index (κ3) is 2.60. The van der Waals surface area contributed by atoms with Crippen LogP contribution < -0.4 is 0 Å². The fourth-order valence-corrected chi connectivity index (χ4v) is 3.24. The van der Waals surface area contributed by atoms with E-state index in [9.17, 15) is 14.4 Å². The van der Waals surface area contributed by atoms with Crippen LogP contribution in [0.5, 0.6) is 0 Å². The van der Waals surface area contributed by atoms with Crippen LogP contribution in [0.15, 0.2) is 29.6 Å². The highest BCUT2D eigenvalue weighted by atomic mass is 35.5. The summed E-state index contributed by atoms with van der Waals surface area (Å²) in [4.78, 5) is 13.0. The van der Waals surface area contributed by atoms with E-state index in [0.29, 0.717) is 11.3 Å². The van der Waals surface area contributed by atoms with E-state index in [0.717, 1.165) is 5.56 Å². The van der Waals surface area contributed by atoms with Crippen molar-refractivity contribution in [2.75, 3.05) is 0 Å². The van der Waals surface area contributed by atoms with Crippen LogP contribution in [0.3, 0.4) is 0 Å². The monoisotopic (exact) mass is 307 g/mol. The maximum atomic E-state index is 13.9. The van der Waals surface area contributed by atoms with E-state index in [-0.39, 0.29) is 10.6 Å². The van der Waals surface area contributed by atoms with Gasteiger partial charge in [0.15, 0.2) is 5.78 Å². The zero-order valence-corrected chi connectivity index (χ0v) is 12.3. The van der Waals surface area contributed by atoms with Crippen molar-refractivity contribution in [1.29, 1.82) is 5.26 Å². The summed E-state index contributed by atoms with van der Waals surface area (Å²) in [5.41, 5.74) is 0.824. The lowest BCUT2D eigenvalue weighted by molar-refractivity contribution is 0.0980. The normalized spacial score (nSPS) is 11.9. The minimum Gasteiger partial charge on any atom is -0.291 e. The van der Waals surface area contributed by atoms with E-state index < -0.39 is 17.5 Å². The molecule has 2 nitrogen and oxygen atoms in total. The molecule has 0 aliphatic carbocycles. The molecule has 2 aromatic rings. The molecule has 0 saturated heterocycles. The zero-order valence-electron chi connectivity index (χ0n) is 10.7. The van der Waals surface area contributed by atoms with Gasteiger partial charge in [-0.25, -0.2) is 4.39 Å². The van der Waals surface area contributed by atoms with E-state index in [4.69, 9.17) is 11.6 Å². The molecule has 20 heavy (non-hydrogen) atoms. The molecule has 102 valence electrons. The number of carbonyl (C=O) groups is 1. The second-order valence-electron chi connectivity index (χ2n) is 4.19. The van der Waals surface area contributed by atoms with E-state index in [1.165, 1.54) is 29.5 Å². The summed E-state index contributed by atoms with van der Waals surface area (Å²) in [6.07, 6.45) is 0.688. The number of nitriles is 1. The second-order valence-corrected chi connectivity index (χ2v) is 5.51. The Balaban J connectivity index is 2.49. The first-order valence-electron chi connectivity index (χ1n) is 6.04. The Morgan fingerprint density at radius 2 is 2.25 bits per heavy atom. The standard InChI is InChI=1S/C15H11ClFNOS/c1-2-9-6-7-20-15(9)14(19)10(8-18)13-11(16)4-3-5-12(13)17/h3-7,10H,2H2,1H3. The predicted octanol–water partition coefficient (Wildman–Crippen LogP) is 4.59. The summed E-state index contributed by atoms with van der Waals surface area (Å²) >= 11 is 7.21. The number of hydrogen-bond acceptors (Lipinski definition) is 3. The zero-order chi connectivity index (χ0) is 14.7. The number of aryl methyl sites for hydroxylation is 1. The van der Waals surface area contributed by atoms with Crippen LogP contribution in [0.2, 0.25) is 5.02 Å². The number of ketones is 1. The van der Waals surface area contributed by atoms with Crippen molar-refractivity contribution in [3.05, 3.63) is 56.5 Å². The fourth-order valence-electron chi connectivity index (χ4n) is 2.00. The number of thiophene rings is 1. The van der Waals surface area contributed by atoms with Crippen molar-refractivity contribution in [2.45, 2.75) is 19.3 Å². The van der Waals surface area contributed by atoms with E-state index in [1.54, 1.807) is 5.38 Å². The molecule has 2 rings (SSSR count). The van der Waals surface area contributed by atoms with E-state index in [1.807, 2.05) is 19.1 Å². The summed E-state index contributed by atoms with van der Waals surface area (Å²) in [6.45, 7) is 1.93. The lowest BCUT2D eigenvalue weighted by Crippen LogP contribution is -2.13. The fraction of sp³-hybridized carbons (Fsp3) is 0.200. The van der Waals surface area contributed by atoms with Gasteiger partial charge in [0.1, 0.15) is 11.7 Å². The number of rotatable bonds is 4. The summed E-state index contributed by atoms with van der Waals surface area (Å²) in [7, 11) is 0. The molecule has 0 fully saturated rings. The molecular weight excluding hydrogens is 297 g/mol. The molecule has 1 aromatic carbocycles. The molecule has 0 amide bonds. The predicted molar refractivity (Wildman–Crippen MR) is 77.8 cm³/mol. The maximum absolute atomic E-state index is 13.9. The first-order chi connectivity index (χ1) is 9.60. The molecule has 1 aromatic heterocycles. The number of hydrogen-bond donors (Lipinski definition) is 0. The highest BCUT2D eigenvalue weighted by Gasteiger charge is 2.28. The van der Waals surface area contributed by atoms with Crippen molar-refractivity contribution < 1.29 is 9.18 Å². The van der Waals surface area contributed by atoms with Gasteiger partial charge >= 0.3 is 0 Å². The SMILES string of the molecule is CCc1ccsc1C(=O)C(C#N)c1c(F)cccc1Cl. The summed E-state index contributed by atoms with van der Waals surface area (Å²) in [6, 6.07) is 7.84. The Hall–Kier alpha value is -1.70. The van der Waals surface area contributed by atoms with Gasteiger partial charge in [0, 0.05) is 10.6 Å². The third-order valence-corrected chi connectivity index (χ3v) is 4.33. The summed E-state index contributed by atoms with van der Waals surface area (Å²) in [5.74, 6) is -2.24. The highest BCUT2D eigenvalue weighted by molar-refractivity contribution is 7.12. The van der Waals surface area contributed by atoms with E-state index >= 15 is 0 Å². The highest BCUT2D eigenvalue weighted by Crippen LogP contribution is 2.32. The van der Waals surface area contributed by atoms with Gasteiger partial charge in [-0.1, -0.05) is 24.6 Å². The van der Waals surface area contributed by atoms with Crippen molar-refractivity contribution in [3.8, 4) is 6.07 Å². The smallest absolute Gasteiger partial charge is 0.194 e. The largest absolute Gasteiger partial charge is 0.291 e. The topological polar surface area (TPSA) is 40.9 Å². The Kier molecular flexibility index (Phi) is 4.53. The van der Waals surface area contributed by atoms with Crippen LogP contribution >= 0.6 is 22.9 Å². The Morgan fingerprint density at radius 1 is 1.50 bits per heavy atom. The third-order valence-electron chi connectivity index (χ3n) is 3.03. The van der Waals surface area contributed by atoms with Crippen LogP contribution in [0.4, 0.5) is 4.39 Å². The summed E-state index contributed by atoms with van der Waals surface area (Å²) in [5, 5.41) is 11.2. The second kappa shape index (κ2) is 6.17.